The molecular formula is C55H60Zr. The van der Waals surface area contributed by atoms with Crippen molar-refractivity contribution in [1.29, 1.82) is 0 Å². The summed E-state index contributed by atoms with van der Waals surface area (Å²) in [6, 6.07) is 42.0. The molecule has 2 aliphatic rings. The van der Waals surface area contributed by atoms with Crippen LogP contribution in [0.25, 0.3) is 32.7 Å². The van der Waals surface area contributed by atoms with Crippen molar-refractivity contribution >= 4 is 24.8 Å². The molecule has 0 spiro atoms. The first-order valence-corrected chi connectivity index (χ1v) is 21.5. The van der Waals surface area contributed by atoms with E-state index < -0.39 is 0 Å². The zero-order chi connectivity index (χ0) is 40.6. The van der Waals surface area contributed by atoms with Crippen LogP contribution in [0.15, 0.2) is 121 Å². The molecule has 0 N–H and O–H groups in total. The number of benzene rings is 6. The Labute approximate surface area is 353 Å². The van der Waals surface area contributed by atoms with Gasteiger partial charge in [0.1, 0.15) is 0 Å². The van der Waals surface area contributed by atoms with Crippen molar-refractivity contribution in [2.45, 2.75) is 118 Å². The minimum absolute atomic E-state index is 0.0968. The van der Waals surface area contributed by atoms with Gasteiger partial charge in [-0.15, -0.1) is 23.1 Å². The van der Waals surface area contributed by atoms with Crippen molar-refractivity contribution in [3.05, 3.63) is 178 Å². The van der Waals surface area contributed by atoms with Crippen molar-refractivity contribution in [2.24, 2.45) is 0 Å². The molecule has 0 aromatic heterocycles. The van der Waals surface area contributed by atoms with Gasteiger partial charge < -0.3 is 0 Å². The Balaban J connectivity index is 0.000000173. The van der Waals surface area contributed by atoms with Crippen molar-refractivity contribution in [2.75, 3.05) is 0 Å². The van der Waals surface area contributed by atoms with Gasteiger partial charge in [-0.2, -0.15) is 23.8 Å². The zero-order valence-electron chi connectivity index (χ0n) is 36.0. The third kappa shape index (κ3) is 9.43. The minimum atomic E-state index is 0.0968. The standard InChI is InChI=1S/C29H41.C21H14.C5H5.Zr/c1-26(2,3)22-14-18-13-19-15-23(27(4,5)6)25(29(10,11)12)17-21(19)20(18)16-24(22)28(7,8)9;1-3-7-20-14-16(9-11-18(20)5-1)13-17-10-12-19-6-2-4-8-21(19)15-17;1-2-4-5-3-1;/h14,16-17H,13H2,1-12H3;1-12,14-15H;1-3H,4H2;/q-1;;-1;+2. The van der Waals surface area contributed by atoms with Gasteiger partial charge in [0.2, 0.25) is 0 Å². The molecule has 284 valence electrons. The monoisotopic (exact) mass is 810 g/mol. The molecule has 0 saturated heterocycles. The summed E-state index contributed by atoms with van der Waals surface area (Å²) in [5.41, 5.74) is 14.6. The SMILES string of the molecule is CC(C)(C)c1[c-]c2c(cc1C(C)(C)C)-c1cc(C(C)(C)C)c(C(C)(C)C)cc1C2.[C-]1=CC=CC1.[Zr+2]=[C](c1ccc2ccccc2c1)c1ccc2ccccc2c1. The molecule has 0 saturated carbocycles. The Kier molecular flexibility index (Phi) is 12.0. The fraction of sp³-hybridized carbons (Fsp3) is 0.327. The van der Waals surface area contributed by atoms with E-state index in [2.05, 4.69) is 204 Å². The van der Waals surface area contributed by atoms with E-state index in [4.69, 9.17) is 0 Å². The third-order valence-electron chi connectivity index (χ3n) is 10.9. The predicted molar refractivity (Wildman–Crippen MR) is 241 cm³/mol. The number of rotatable bonds is 2. The van der Waals surface area contributed by atoms with E-state index in [1.165, 1.54) is 105 Å². The van der Waals surface area contributed by atoms with Crippen LogP contribution in [0.4, 0.5) is 0 Å². The van der Waals surface area contributed by atoms with Gasteiger partial charge in [0, 0.05) is 0 Å². The van der Waals surface area contributed by atoms with Gasteiger partial charge >= 0.3 is 145 Å². The molecule has 8 rings (SSSR count). The molecule has 0 atom stereocenters. The molecule has 0 fully saturated rings. The number of allylic oxidation sites excluding steroid dienone is 4. The molecule has 0 heterocycles. The predicted octanol–water partition coefficient (Wildman–Crippen LogP) is 14.7. The van der Waals surface area contributed by atoms with E-state index in [9.17, 15) is 0 Å². The molecule has 2 aliphatic carbocycles. The first-order chi connectivity index (χ1) is 26.2. The zero-order valence-corrected chi connectivity index (χ0v) is 38.4. The van der Waals surface area contributed by atoms with Gasteiger partial charge in [0.05, 0.1) is 0 Å². The summed E-state index contributed by atoms with van der Waals surface area (Å²) >= 11 is 1.44. The van der Waals surface area contributed by atoms with Gasteiger partial charge in [-0.05, 0) is 39.4 Å². The second kappa shape index (κ2) is 16.1. The Bertz CT molecular complexity index is 2290. The van der Waals surface area contributed by atoms with Gasteiger partial charge in [0.25, 0.3) is 0 Å². The van der Waals surface area contributed by atoms with E-state index >= 15 is 0 Å². The average Bonchev–Trinajstić information content (AvgIpc) is 3.84. The van der Waals surface area contributed by atoms with Crippen LogP contribution in [-0.4, -0.2) is 3.21 Å². The second-order valence-electron chi connectivity index (χ2n) is 19.7. The molecule has 0 unspecified atom stereocenters. The van der Waals surface area contributed by atoms with Crippen LogP contribution in [0.1, 0.15) is 134 Å². The van der Waals surface area contributed by atoms with Gasteiger partial charge in [-0.1, -0.05) is 106 Å². The van der Waals surface area contributed by atoms with Crippen molar-refractivity contribution < 1.29 is 24.2 Å². The van der Waals surface area contributed by atoms with Crippen LogP contribution in [-0.2, 0) is 52.3 Å². The molecule has 56 heavy (non-hydrogen) atoms. The van der Waals surface area contributed by atoms with E-state index in [0.29, 0.717) is 0 Å². The van der Waals surface area contributed by atoms with Crippen molar-refractivity contribution in [3.8, 4) is 11.1 Å². The first-order valence-electron chi connectivity index (χ1n) is 20.3. The quantitative estimate of drug-likeness (QED) is 0.153. The molecule has 1 heteroatoms. The Morgan fingerprint density at radius 1 is 0.518 bits per heavy atom. The van der Waals surface area contributed by atoms with Crippen LogP contribution in [0, 0.1) is 12.1 Å². The number of hydrogen-bond acceptors (Lipinski definition) is 0. The summed E-state index contributed by atoms with van der Waals surface area (Å²) < 4.78 is 1.41. The summed E-state index contributed by atoms with van der Waals surface area (Å²) in [6.45, 7) is 28.0. The fourth-order valence-corrected chi connectivity index (χ4v) is 8.59. The van der Waals surface area contributed by atoms with Crippen molar-refractivity contribution in [1.82, 2.24) is 0 Å². The Morgan fingerprint density at radius 2 is 1.00 bits per heavy atom. The summed E-state index contributed by atoms with van der Waals surface area (Å²) in [4.78, 5) is 0. The van der Waals surface area contributed by atoms with Gasteiger partial charge in [-0.25, -0.2) is 12.2 Å². The van der Waals surface area contributed by atoms with Crippen LogP contribution in [0.5, 0.6) is 0 Å². The van der Waals surface area contributed by atoms with Crippen LogP contribution < -0.4 is 0 Å². The molecule has 0 bridgehead atoms. The summed E-state index contributed by atoms with van der Waals surface area (Å²) in [5, 5.41) is 5.21. The maximum absolute atomic E-state index is 3.90. The first kappa shape index (κ1) is 41.7. The normalized spacial score (nSPS) is 13.5. The van der Waals surface area contributed by atoms with Gasteiger partial charge in [-0.3, -0.25) is 6.08 Å². The molecule has 0 amide bonds. The van der Waals surface area contributed by atoms with Crippen LogP contribution in [0.3, 0.4) is 0 Å². The molecule has 6 aromatic carbocycles. The van der Waals surface area contributed by atoms with E-state index in [1.54, 1.807) is 0 Å². The summed E-state index contributed by atoms with van der Waals surface area (Å²) in [5.74, 6) is 0. The van der Waals surface area contributed by atoms with Crippen LogP contribution in [0.2, 0.25) is 0 Å². The summed E-state index contributed by atoms with van der Waals surface area (Å²) in [7, 11) is 0. The molecule has 0 nitrogen and oxygen atoms in total. The summed E-state index contributed by atoms with van der Waals surface area (Å²) in [6.07, 6.45) is 11.0. The van der Waals surface area contributed by atoms with E-state index in [0.717, 1.165) is 12.8 Å². The maximum atomic E-state index is 3.90. The number of fused-ring (bicyclic) bond motifs is 5. The second-order valence-corrected chi connectivity index (χ2v) is 20.9. The third-order valence-corrected chi connectivity index (χ3v) is 12.3. The fourth-order valence-electron chi connectivity index (χ4n) is 7.82. The Hall–Kier alpha value is -3.93. The van der Waals surface area contributed by atoms with E-state index in [-0.39, 0.29) is 21.7 Å². The number of hydrogen-bond donors (Lipinski definition) is 0. The average molecular weight is 812 g/mol. The molecule has 0 aliphatic heterocycles. The topological polar surface area (TPSA) is 0 Å². The van der Waals surface area contributed by atoms with Gasteiger partial charge in [0.15, 0.2) is 0 Å². The van der Waals surface area contributed by atoms with Crippen molar-refractivity contribution in [3.63, 3.8) is 0 Å². The van der Waals surface area contributed by atoms with E-state index in [1.807, 2.05) is 12.2 Å². The Morgan fingerprint density at radius 3 is 1.43 bits per heavy atom. The molecule has 0 radical (unpaired) electrons. The molecule has 6 aromatic rings. The molecular weight excluding hydrogens is 752 g/mol. The van der Waals surface area contributed by atoms with Crippen LogP contribution >= 0.6 is 0 Å².